The molecule has 2 atom stereocenters. The summed E-state index contributed by atoms with van der Waals surface area (Å²) in [6.07, 6.45) is 8.08. The zero-order valence-electron chi connectivity index (χ0n) is 18.2. The number of rotatable bonds is 4. The molecule has 4 aromatic rings. The van der Waals surface area contributed by atoms with Crippen molar-refractivity contribution in [1.29, 1.82) is 0 Å². The van der Waals surface area contributed by atoms with Gasteiger partial charge in [0.15, 0.2) is 0 Å². The van der Waals surface area contributed by atoms with E-state index in [2.05, 4.69) is 44.5 Å². The lowest BCUT2D eigenvalue weighted by Gasteiger charge is -2.33. The molecule has 3 heterocycles. The monoisotopic (exact) mass is 424 g/mol. The molecule has 0 saturated carbocycles. The van der Waals surface area contributed by atoms with Gasteiger partial charge >= 0.3 is 0 Å². The van der Waals surface area contributed by atoms with Gasteiger partial charge in [0.1, 0.15) is 23.8 Å². The molecule has 7 nitrogen and oxygen atoms in total. The van der Waals surface area contributed by atoms with Crippen molar-refractivity contribution >= 4 is 0 Å². The molecule has 0 saturated heterocycles. The summed E-state index contributed by atoms with van der Waals surface area (Å²) in [7, 11) is 1.70. The first-order chi connectivity index (χ1) is 15.5. The number of fused-ring (bicyclic) bond motifs is 1. The van der Waals surface area contributed by atoms with Crippen LogP contribution < -0.4 is 15.8 Å². The first-order valence-corrected chi connectivity index (χ1v) is 10.4. The molecule has 0 bridgehead atoms. The predicted octanol–water partition coefficient (Wildman–Crippen LogP) is 3.41. The third kappa shape index (κ3) is 3.05. The third-order valence-electron chi connectivity index (χ3n) is 6.04. The molecule has 2 unspecified atom stereocenters. The first-order valence-electron chi connectivity index (χ1n) is 10.4. The zero-order valence-corrected chi connectivity index (χ0v) is 18.2. The van der Waals surface area contributed by atoms with Gasteiger partial charge in [-0.05, 0) is 59.9 Å². The number of aryl methyl sites for hydroxylation is 2. The summed E-state index contributed by atoms with van der Waals surface area (Å²) in [4.78, 5) is 17.7. The Labute approximate surface area is 186 Å². The van der Waals surface area contributed by atoms with Crippen LogP contribution in [0.5, 0.6) is 5.75 Å². The van der Waals surface area contributed by atoms with E-state index in [-0.39, 0.29) is 0 Å². The number of nitrogens with zero attached hydrogens (tertiary/aromatic N) is 4. The summed E-state index contributed by atoms with van der Waals surface area (Å²) in [5.74, 6) is 0.876. The highest BCUT2D eigenvalue weighted by Gasteiger charge is 2.47. The molecule has 3 N–H and O–H groups in total. The van der Waals surface area contributed by atoms with Crippen molar-refractivity contribution in [3.8, 4) is 16.9 Å². The second kappa shape index (κ2) is 7.78. The first kappa shape index (κ1) is 20.2. The fraction of sp³-hybridized carbons (Fsp3) is 0.200. The summed E-state index contributed by atoms with van der Waals surface area (Å²) in [6, 6.07) is 12.6. The van der Waals surface area contributed by atoms with Gasteiger partial charge in [-0.15, -0.1) is 0 Å². The Morgan fingerprint density at radius 1 is 0.938 bits per heavy atom. The van der Waals surface area contributed by atoms with Gasteiger partial charge in [-0.2, -0.15) is 0 Å². The smallest absolute Gasteiger partial charge is 0.124 e. The maximum Gasteiger partial charge on any atom is 0.124 e. The van der Waals surface area contributed by atoms with E-state index in [0.29, 0.717) is 0 Å². The van der Waals surface area contributed by atoms with Gasteiger partial charge in [-0.25, -0.2) is 9.97 Å². The fourth-order valence-electron chi connectivity index (χ4n) is 4.71. The van der Waals surface area contributed by atoms with Crippen molar-refractivity contribution in [3.63, 3.8) is 0 Å². The molecule has 160 valence electrons. The Kier molecular flexibility index (Phi) is 4.92. The van der Waals surface area contributed by atoms with Crippen LogP contribution in [-0.2, 0) is 5.54 Å². The Morgan fingerprint density at radius 2 is 1.66 bits per heavy atom. The number of aromatic nitrogens is 4. The largest absolute Gasteiger partial charge is 0.496 e. The number of nitrogens with two attached hydrogens (primary N) is 1. The molecule has 2 aromatic carbocycles. The molecule has 0 fully saturated rings. The van der Waals surface area contributed by atoms with E-state index in [1.807, 2.05) is 38.4 Å². The number of hydrogen-bond acceptors (Lipinski definition) is 7. The van der Waals surface area contributed by atoms with Gasteiger partial charge in [0.2, 0.25) is 0 Å². The average Bonchev–Trinajstić information content (AvgIpc) is 3.13. The third-order valence-corrected chi connectivity index (χ3v) is 6.04. The predicted molar refractivity (Wildman–Crippen MR) is 122 cm³/mol. The summed E-state index contributed by atoms with van der Waals surface area (Å²) < 4.78 is 5.61. The van der Waals surface area contributed by atoms with Crippen LogP contribution >= 0.6 is 0 Å². The molecule has 5 rings (SSSR count). The molecule has 0 amide bonds. The normalized spacial score (nSPS) is 19.6. The van der Waals surface area contributed by atoms with Crippen molar-refractivity contribution in [1.82, 2.24) is 25.3 Å². The van der Waals surface area contributed by atoms with Gasteiger partial charge in [-0.1, -0.05) is 18.2 Å². The van der Waals surface area contributed by atoms with E-state index in [0.717, 1.165) is 50.5 Å². The topological polar surface area (TPSA) is 98.8 Å². The molecule has 1 aliphatic rings. The molecule has 7 heteroatoms. The van der Waals surface area contributed by atoms with Gasteiger partial charge < -0.3 is 10.5 Å². The Bertz CT molecular complexity index is 1270. The molecule has 1 aliphatic heterocycles. The minimum absolute atomic E-state index is 0.454. The van der Waals surface area contributed by atoms with Crippen LogP contribution in [0.2, 0.25) is 0 Å². The van der Waals surface area contributed by atoms with E-state index < -0.39 is 11.7 Å². The maximum atomic E-state index is 6.52. The average molecular weight is 425 g/mol. The van der Waals surface area contributed by atoms with Crippen LogP contribution in [0, 0.1) is 13.8 Å². The van der Waals surface area contributed by atoms with Crippen molar-refractivity contribution in [2.75, 3.05) is 7.11 Å². The molecule has 0 aliphatic carbocycles. The SMILES string of the molecule is COc1c(C)cc(C2(c3cccc(-c4cncnc4)c3)NC(N)c3nccnc32)cc1C. The number of ether oxygens (including phenoxy) is 1. The van der Waals surface area contributed by atoms with Gasteiger partial charge in [-0.3, -0.25) is 15.3 Å². The fourth-order valence-corrected chi connectivity index (χ4v) is 4.71. The second-order valence-electron chi connectivity index (χ2n) is 8.01. The summed E-state index contributed by atoms with van der Waals surface area (Å²) in [5.41, 5.74) is 13.4. The minimum atomic E-state index is -0.767. The van der Waals surface area contributed by atoms with E-state index in [1.54, 1.807) is 19.5 Å². The van der Waals surface area contributed by atoms with E-state index >= 15 is 0 Å². The van der Waals surface area contributed by atoms with E-state index in [1.165, 1.54) is 6.33 Å². The molecular weight excluding hydrogens is 400 g/mol. The summed E-state index contributed by atoms with van der Waals surface area (Å²) in [6.45, 7) is 4.10. The number of benzene rings is 2. The highest BCUT2D eigenvalue weighted by Crippen LogP contribution is 2.45. The van der Waals surface area contributed by atoms with E-state index in [4.69, 9.17) is 15.5 Å². The molecule has 2 aromatic heterocycles. The maximum absolute atomic E-state index is 6.52. The standard InChI is InChI=1S/C25H24N6O/c1-15-9-20(10-16(2)22(15)32-3)25(23-21(24(26)31-25)29-7-8-30-23)19-6-4-5-17(11-19)18-12-27-14-28-13-18/h4-14,24,31H,26H2,1-3H3. The van der Waals surface area contributed by atoms with Crippen molar-refractivity contribution in [2.24, 2.45) is 5.73 Å². The Hall–Kier alpha value is -3.68. The summed E-state index contributed by atoms with van der Waals surface area (Å²) >= 11 is 0. The highest BCUT2D eigenvalue weighted by molar-refractivity contribution is 5.65. The van der Waals surface area contributed by atoms with Crippen LogP contribution in [0.4, 0.5) is 0 Å². The van der Waals surface area contributed by atoms with Crippen LogP contribution in [-0.4, -0.2) is 27.0 Å². The van der Waals surface area contributed by atoms with Gasteiger partial charge in [0.25, 0.3) is 0 Å². The van der Waals surface area contributed by atoms with Crippen LogP contribution in [0.15, 0.2) is 67.5 Å². The van der Waals surface area contributed by atoms with Gasteiger partial charge in [0, 0.05) is 30.4 Å². The number of hydrogen-bond donors (Lipinski definition) is 2. The van der Waals surface area contributed by atoms with Crippen LogP contribution in [0.25, 0.3) is 11.1 Å². The number of nitrogens with one attached hydrogen (secondary N) is 1. The molecule has 32 heavy (non-hydrogen) atoms. The van der Waals surface area contributed by atoms with Crippen LogP contribution in [0.1, 0.15) is 39.8 Å². The number of methoxy groups -OCH3 is 1. The molecular formula is C25H24N6O. The molecule has 0 spiro atoms. The van der Waals surface area contributed by atoms with Crippen molar-refractivity contribution in [3.05, 3.63) is 101 Å². The quantitative estimate of drug-likeness (QED) is 0.518. The lowest BCUT2D eigenvalue weighted by atomic mass is 9.79. The zero-order chi connectivity index (χ0) is 22.3. The molecule has 0 radical (unpaired) electrons. The van der Waals surface area contributed by atoms with Crippen molar-refractivity contribution < 1.29 is 4.74 Å². The van der Waals surface area contributed by atoms with Crippen molar-refractivity contribution in [2.45, 2.75) is 25.6 Å². The lowest BCUT2D eigenvalue weighted by Crippen LogP contribution is -2.43. The Balaban J connectivity index is 1.79. The van der Waals surface area contributed by atoms with Crippen LogP contribution in [0.3, 0.4) is 0 Å². The van der Waals surface area contributed by atoms with E-state index in [9.17, 15) is 0 Å². The second-order valence-corrected chi connectivity index (χ2v) is 8.01. The highest BCUT2D eigenvalue weighted by atomic mass is 16.5. The minimum Gasteiger partial charge on any atom is -0.496 e. The lowest BCUT2D eigenvalue weighted by molar-refractivity contribution is 0.406. The van der Waals surface area contributed by atoms with Gasteiger partial charge in [0.05, 0.1) is 18.5 Å². The summed E-state index contributed by atoms with van der Waals surface area (Å²) in [5, 5.41) is 3.62. The Morgan fingerprint density at radius 3 is 2.38 bits per heavy atom.